The second-order valence-electron chi connectivity index (χ2n) is 5.78. The van der Waals surface area contributed by atoms with Crippen molar-refractivity contribution in [3.8, 4) is 11.5 Å². The molecule has 0 unspecified atom stereocenters. The van der Waals surface area contributed by atoms with Crippen LogP contribution in [0.1, 0.15) is 44.1 Å². The summed E-state index contributed by atoms with van der Waals surface area (Å²) in [6, 6.07) is 4.50. The molecule has 0 spiro atoms. The summed E-state index contributed by atoms with van der Waals surface area (Å²) in [6.07, 6.45) is 7.67. The molecule has 0 bridgehead atoms. The summed E-state index contributed by atoms with van der Waals surface area (Å²) in [5.41, 5.74) is 1.10. The topological polar surface area (TPSA) is 30.5 Å². The second-order valence-corrected chi connectivity index (χ2v) is 6.21. The van der Waals surface area contributed by atoms with E-state index in [0.29, 0.717) is 17.2 Å². The minimum atomic E-state index is 0.324. The maximum absolute atomic E-state index is 6.21. The number of hydrogen-bond donors (Lipinski definition) is 1. The van der Waals surface area contributed by atoms with Gasteiger partial charge >= 0.3 is 0 Å². The molecule has 0 radical (unpaired) electrons. The maximum Gasteiger partial charge on any atom is 0.166 e. The zero-order valence-electron chi connectivity index (χ0n) is 12.0. The van der Waals surface area contributed by atoms with E-state index in [4.69, 9.17) is 21.1 Å². The highest BCUT2D eigenvalue weighted by Gasteiger charge is 2.24. The van der Waals surface area contributed by atoms with Crippen molar-refractivity contribution in [1.82, 2.24) is 5.32 Å². The van der Waals surface area contributed by atoms with Crippen LogP contribution in [0.5, 0.6) is 11.5 Å². The van der Waals surface area contributed by atoms with Crippen LogP contribution in [-0.2, 0) is 6.54 Å². The standard InChI is InChI=1S/C16H22ClNO2/c1-19-15-9-12(17)8-11(10-18-13-6-7-13)16(15)20-14-4-2-3-5-14/h8-9,13-14,18H,2-7,10H2,1H3. The van der Waals surface area contributed by atoms with Crippen molar-refractivity contribution in [2.45, 2.75) is 57.2 Å². The molecule has 4 heteroatoms. The first-order valence-corrected chi connectivity index (χ1v) is 7.90. The molecule has 3 rings (SSSR count). The van der Waals surface area contributed by atoms with Crippen LogP contribution in [0.15, 0.2) is 12.1 Å². The predicted octanol–water partition coefficient (Wildman–Crippen LogP) is 3.92. The fourth-order valence-corrected chi connectivity index (χ4v) is 2.98. The van der Waals surface area contributed by atoms with Gasteiger partial charge in [0.2, 0.25) is 0 Å². The molecular weight excluding hydrogens is 274 g/mol. The molecule has 0 aromatic heterocycles. The average molecular weight is 296 g/mol. The first-order valence-electron chi connectivity index (χ1n) is 7.52. The van der Waals surface area contributed by atoms with Crippen molar-refractivity contribution in [2.75, 3.05) is 7.11 Å². The normalized spacial score (nSPS) is 19.3. The van der Waals surface area contributed by atoms with Crippen LogP contribution < -0.4 is 14.8 Å². The van der Waals surface area contributed by atoms with Crippen LogP contribution in [-0.4, -0.2) is 19.3 Å². The molecule has 20 heavy (non-hydrogen) atoms. The Hall–Kier alpha value is -0.930. The van der Waals surface area contributed by atoms with Gasteiger partial charge in [-0.2, -0.15) is 0 Å². The Bertz CT molecular complexity index is 468. The zero-order valence-corrected chi connectivity index (χ0v) is 12.7. The number of benzene rings is 1. The van der Waals surface area contributed by atoms with Crippen molar-refractivity contribution in [3.05, 3.63) is 22.7 Å². The Morgan fingerprint density at radius 3 is 2.60 bits per heavy atom. The molecule has 3 nitrogen and oxygen atoms in total. The van der Waals surface area contributed by atoms with Gasteiger partial charge in [-0.05, 0) is 44.6 Å². The minimum Gasteiger partial charge on any atom is -0.493 e. The third-order valence-corrected chi connectivity index (χ3v) is 4.28. The highest BCUT2D eigenvalue weighted by Crippen LogP contribution is 2.37. The van der Waals surface area contributed by atoms with Crippen LogP contribution >= 0.6 is 11.6 Å². The Morgan fingerprint density at radius 1 is 1.20 bits per heavy atom. The van der Waals surface area contributed by atoms with Gasteiger partial charge < -0.3 is 14.8 Å². The monoisotopic (exact) mass is 295 g/mol. The quantitative estimate of drug-likeness (QED) is 0.863. The summed E-state index contributed by atoms with van der Waals surface area (Å²) in [5, 5.41) is 4.22. The zero-order chi connectivity index (χ0) is 13.9. The Kier molecular flexibility index (Phi) is 4.37. The van der Waals surface area contributed by atoms with Crippen LogP contribution in [0.4, 0.5) is 0 Å². The van der Waals surface area contributed by atoms with Gasteiger partial charge in [-0.1, -0.05) is 11.6 Å². The SMILES string of the molecule is COc1cc(Cl)cc(CNC2CC2)c1OC1CCCC1. The summed E-state index contributed by atoms with van der Waals surface area (Å²) >= 11 is 6.18. The molecule has 2 aliphatic carbocycles. The smallest absolute Gasteiger partial charge is 0.166 e. The number of halogens is 1. The molecule has 110 valence electrons. The first kappa shape index (κ1) is 14.0. The molecule has 1 aromatic rings. The molecule has 2 aliphatic rings. The van der Waals surface area contributed by atoms with Gasteiger partial charge in [-0.3, -0.25) is 0 Å². The number of methoxy groups -OCH3 is 1. The highest BCUT2D eigenvalue weighted by molar-refractivity contribution is 6.30. The Balaban J connectivity index is 1.81. The lowest BCUT2D eigenvalue weighted by Gasteiger charge is -2.20. The fraction of sp³-hybridized carbons (Fsp3) is 0.625. The lowest BCUT2D eigenvalue weighted by Crippen LogP contribution is -2.18. The van der Waals surface area contributed by atoms with Gasteiger partial charge in [0.15, 0.2) is 11.5 Å². The second kappa shape index (κ2) is 6.23. The van der Waals surface area contributed by atoms with E-state index >= 15 is 0 Å². The third kappa shape index (κ3) is 3.39. The molecule has 0 atom stereocenters. The molecule has 0 aliphatic heterocycles. The van der Waals surface area contributed by atoms with E-state index in [1.165, 1.54) is 25.7 Å². The van der Waals surface area contributed by atoms with Crippen LogP contribution in [0.3, 0.4) is 0 Å². The Morgan fingerprint density at radius 2 is 1.95 bits per heavy atom. The van der Waals surface area contributed by atoms with E-state index in [2.05, 4.69) is 5.32 Å². The minimum absolute atomic E-state index is 0.324. The number of rotatable bonds is 6. The summed E-state index contributed by atoms with van der Waals surface area (Å²) in [4.78, 5) is 0. The van der Waals surface area contributed by atoms with Gasteiger partial charge in [-0.25, -0.2) is 0 Å². The van der Waals surface area contributed by atoms with E-state index in [-0.39, 0.29) is 0 Å². The van der Waals surface area contributed by atoms with Gasteiger partial charge in [0.25, 0.3) is 0 Å². The van der Waals surface area contributed by atoms with E-state index in [1.54, 1.807) is 7.11 Å². The van der Waals surface area contributed by atoms with E-state index in [9.17, 15) is 0 Å². The Labute approximate surface area is 125 Å². The molecule has 0 amide bonds. The van der Waals surface area contributed by atoms with E-state index < -0.39 is 0 Å². The van der Waals surface area contributed by atoms with E-state index in [1.807, 2.05) is 12.1 Å². The van der Waals surface area contributed by atoms with Crippen LogP contribution in [0.2, 0.25) is 5.02 Å². The highest BCUT2D eigenvalue weighted by atomic mass is 35.5. The molecule has 0 saturated heterocycles. The average Bonchev–Trinajstić information content (AvgIpc) is 3.14. The van der Waals surface area contributed by atoms with Crippen molar-refractivity contribution >= 4 is 11.6 Å². The lowest BCUT2D eigenvalue weighted by atomic mass is 10.1. The number of nitrogens with one attached hydrogen (secondary N) is 1. The number of ether oxygens (including phenoxy) is 2. The maximum atomic E-state index is 6.21. The first-order chi connectivity index (χ1) is 9.76. The van der Waals surface area contributed by atoms with Crippen molar-refractivity contribution in [1.29, 1.82) is 0 Å². The molecule has 2 saturated carbocycles. The molecule has 0 heterocycles. The lowest BCUT2D eigenvalue weighted by molar-refractivity contribution is 0.198. The van der Waals surface area contributed by atoms with Crippen molar-refractivity contribution in [2.24, 2.45) is 0 Å². The summed E-state index contributed by atoms with van der Waals surface area (Å²) in [6.45, 7) is 0.795. The summed E-state index contributed by atoms with van der Waals surface area (Å²) in [7, 11) is 1.67. The molecule has 2 fully saturated rings. The van der Waals surface area contributed by atoms with Gasteiger partial charge in [0, 0.05) is 29.2 Å². The van der Waals surface area contributed by atoms with Crippen molar-refractivity contribution in [3.63, 3.8) is 0 Å². The van der Waals surface area contributed by atoms with E-state index in [0.717, 1.165) is 36.4 Å². The molecular formula is C16H22ClNO2. The van der Waals surface area contributed by atoms with Gasteiger partial charge in [0.1, 0.15) is 0 Å². The van der Waals surface area contributed by atoms with Crippen LogP contribution in [0.25, 0.3) is 0 Å². The third-order valence-electron chi connectivity index (χ3n) is 4.06. The van der Waals surface area contributed by atoms with Gasteiger partial charge in [-0.15, -0.1) is 0 Å². The van der Waals surface area contributed by atoms with Crippen LogP contribution in [0, 0.1) is 0 Å². The number of hydrogen-bond acceptors (Lipinski definition) is 3. The fourth-order valence-electron chi connectivity index (χ4n) is 2.75. The largest absolute Gasteiger partial charge is 0.493 e. The molecule has 1 aromatic carbocycles. The van der Waals surface area contributed by atoms with Gasteiger partial charge in [0.05, 0.1) is 13.2 Å². The summed E-state index contributed by atoms with van der Waals surface area (Å²) < 4.78 is 11.7. The van der Waals surface area contributed by atoms with Crippen molar-refractivity contribution < 1.29 is 9.47 Å². The summed E-state index contributed by atoms with van der Waals surface area (Å²) in [5.74, 6) is 1.62. The molecule has 1 N–H and O–H groups in total. The predicted molar refractivity (Wildman–Crippen MR) is 80.7 cm³/mol.